The van der Waals surface area contributed by atoms with Crippen LogP contribution in [0.3, 0.4) is 0 Å². The number of anilines is 2. The molecule has 0 radical (unpaired) electrons. The number of thiophene rings is 1. The number of hydrogen-bond donors (Lipinski definition) is 2. The number of ether oxygens (including phenoxy) is 2. The quantitative estimate of drug-likeness (QED) is 0.182. The average Bonchev–Trinajstić information content (AvgIpc) is 3.27. The van der Waals surface area contributed by atoms with Gasteiger partial charge in [-0.25, -0.2) is 13.8 Å². The van der Waals surface area contributed by atoms with E-state index < -0.39 is 11.6 Å². The summed E-state index contributed by atoms with van der Waals surface area (Å²) in [4.78, 5) is 21.2. The zero-order chi connectivity index (χ0) is 29.1. The fraction of sp³-hybridized carbons (Fsp3) is 0.241. The molecule has 0 atom stereocenters. The number of carbonyl (C=O) groups is 1. The Kier molecular flexibility index (Phi) is 8.98. The van der Waals surface area contributed by atoms with E-state index in [9.17, 15) is 13.6 Å². The molecule has 1 amide bonds. The number of halogens is 3. The van der Waals surface area contributed by atoms with Gasteiger partial charge in [-0.3, -0.25) is 9.69 Å². The van der Waals surface area contributed by atoms with E-state index in [0.29, 0.717) is 43.9 Å². The first-order chi connectivity index (χ1) is 19.7. The van der Waals surface area contributed by atoms with Crippen molar-refractivity contribution in [3.8, 4) is 22.8 Å². The third-order valence-electron chi connectivity index (χ3n) is 6.25. The highest BCUT2D eigenvalue weighted by Crippen LogP contribution is 2.38. The first-order valence-corrected chi connectivity index (χ1v) is 15.0. The van der Waals surface area contributed by atoms with Crippen molar-refractivity contribution in [3.05, 3.63) is 86.7 Å². The van der Waals surface area contributed by atoms with E-state index in [0.717, 1.165) is 29.7 Å². The Morgan fingerprint density at radius 1 is 1.12 bits per heavy atom. The van der Waals surface area contributed by atoms with E-state index in [1.54, 1.807) is 36.5 Å². The van der Waals surface area contributed by atoms with Gasteiger partial charge < -0.3 is 19.5 Å². The number of pyridine rings is 1. The highest BCUT2D eigenvalue weighted by atomic mass is 35.5. The molecule has 214 valence electrons. The lowest BCUT2D eigenvalue weighted by molar-refractivity contribution is 0.0384. The summed E-state index contributed by atoms with van der Waals surface area (Å²) < 4.78 is 42.7. The van der Waals surface area contributed by atoms with E-state index in [-0.39, 0.29) is 18.6 Å². The van der Waals surface area contributed by atoms with Gasteiger partial charge in [0.1, 0.15) is 41.5 Å². The molecule has 41 heavy (non-hydrogen) atoms. The van der Waals surface area contributed by atoms with E-state index in [4.69, 9.17) is 21.1 Å². The number of hydrogen-bond acceptors (Lipinski definition) is 8. The number of amides is 1. The van der Waals surface area contributed by atoms with Gasteiger partial charge in [-0.1, -0.05) is 23.5 Å². The van der Waals surface area contributed by atoms with Crippen molar-refractivity contribution in [2.24, 2.45) is 0 Å². The Bertz CT molecular complexity index is 1560. The molecule has 5 rings (SSSR count). The summed E-state index contributed by atoms with van der Waals surface area (Å²) in [5.41, 5.74) is 2.84. The van der Waals surface area contributed by atoms with E-state index >= 15 is 0 Å². The lowest BCUT2D eigenvalue weighted by atomic mass is 10.1. The largest absolute Gasteiger partial charge is 0.486 e. The lowest BCUT2D eigenvalue weighted by Crippen LogP contribution is -2.51. The number of benzene rings is 2. The number of aromatic nitrogens is 1. The number of aryl methyl sites for hydroxylation is 1. The molecule has 0 bridgehead atoms. The lowest BCUT2D eigenvalue weighted by Gasteiger charge is -2.35. The number of carbonyl (C=O) groups excluding carboxylic acids is 1. The zero-order valence-corrected chi connectivity index (χ0v) is 24.9. The molecule has 2 aromatic heterocycles. The van der Waals surface area contributed by atoms with Crippen molar-refractivity contribution in [3.63, 3.8) is 0 Å². The normalized spacial score (nSPS) is 13.5. The molecular weight excluding hydrogens is 590 g/mol. The molecule has 7 nitrogen and oxygen atoms in total. The van der Waals surface area contributed by atoms with Crippen LogP contribution in [-0.2, 0) is 6.61 Å². The molecule has 0 spiro atoms. The molecule has 3 heterocycles. The van der Waals surface area contributed by atoms with Crippen molar-refractivity contribution < 1.29 is 23.0 Å². The summed E-state index contributed by atoms with van der Waals surface area (Å²) in [6, 6.07) is 12.0. The van der Waals surface area contributed by atoms with Crippen molar-refractivity contribution in [1.29, 1.82) is 0 Å². The van der Waals surface area contributed by atoms with Crippen LogP contribution in [0.4, 0.5) is 20.2 Å². The van der Waals surface area contributed by atoms with Gasteiger partial charge in [-0.05, 0) is 55.9 Å². The Labute approximate surface area is 250 Å². The second-order valence-electron chi connectivity index (χ2n) is 9.61. The van der Waals surface area contributed by atoms with Gasteiger partial charge in [0.2, 0.25) is 0 Å². The Morgan fingerprint density at radius 2 is 1.85 bits per heavy atom. The fourth-order valence-corrected chi connectivity index (χ4v) is 5.93. The van der Waals surface area contributed by atoms with Gasteiger partial charge in [0.05, 0.1) is 11.1 Å². The summed E-state index contributed by atoms with van der Waals surface area (Å²) in [6.07, 6.45) is 3.54. The highest BCUT2D eigenvalue weighted by Gasteiger charge is 2.26. The zero-order valence-electron chi connectivity index (χ0n) is 22.5. The van der Waals surface area contributed by atoms with E-state index in [2.05, 4.69) is 19.9 Å². The molecule has 2 N–H and O–H groups in total. The van der Waals surface area contributed by atoms with Crippen molar-refractivity contribution >= 4 is 52.2 Å². The van der Waals surface area contributed by atoms with Gasteiger partial charge >= 0.3 is 0 Å². The van der Waals surface area contributed by atoms with Crippen LogP contribution in [0, 0.1) is 18.6 Å². The van der Waals surface area contributed by atoms with Gasteiger partial charge in [0.15, 0.2) is 0 Å². The summed E-state index contributed by atoms with van der Waals surface area (Å²) in [5.74, 6) is -0.778. The smallest absolute Gasteiger partial charge is 0.265 e. The summed E-state index contributed by atoms with van der Waals surface area (Å²) in [6.45, 7) is 3.39. The maximum Gasteiger partial charge on any atom is 0.265 e. The first-order valence-electron chi connectivity index (χ1n) is 12.6. The summed E-state index contributed by atoms with van der Waals surface area (Å²) >= 11 is 8.95. The second-order valence-corrected chi connectivity index (χ2v) is 11.9. The van der Waals surface area contributed by atoms with Gasteiger partial charge in [0.25, 0.3) is 5.91 Å². The maximum absolute atomic E-state index is 13.8. The van der Waals surface area contributed by atoms with E-state index in [1.165, 1.54) is 35.4 Å². The number of rotatable bonds is 10. The van der Waals surface area contributed by atoms with Crippen LogP contribution >= 0.6 is 34.9 Å². The number of nitrogens with zero attached hydrogens (tertiary/aromatic N) is 2. The molecule has 0 aliphatic carbocycles. The van der Waals surface area contributed by atoms with Crippen molar-refractivity contribution in [1.82, 2.24) is 9.88 Å². The Morgan fingerprint density at radius 3 is 2.56 bits per heavy atom. The number of likely N-dealkylation sites (tertiary alicyclic amines) is 1. The van der Waals surface area contributed by atoms with Crippen LogP contribution in [0.1, 0.15) is 20.1 Å². The van der Waals surface area contributed by atoms with Crippen LogP contribution in [0.5, 0.6) is 11.5 Å². The minimum atomic E-state index is -0.687. The number of likely N-dealkylation sites (N-methyl/N-ethyl adjacent to an activating group) is 1. The van der Waals surface area contributed by atoms with Crippen molar-refractivity contribution in [2.45, 2.75) is 19.6 Å². The fourth-order valence-electron chi connectivity index (χ4n) is 4.43. The summed E-state index contributed by atoms with van der Waals surface area (Å²) in [7, 11) is 2.01. The minimum Gasteiger partial charge on any atom is -0.486 e. The van der Waals surface area contributed by atoms with Crippen LogP contribution < -0.4 is 19.5 Å². The molecular formula is C29H27ClF2N4O3S2. The van der Waals surface area contributed by atoms with Crippen LogP contribution in [-0.4, -0.2) is 48.3 Å². The molecule has 1 aliphatic heterocycles. The number of nitrogens with one attached hydrogen (secondary N) is 2. The minimum absolute atomic E-state index is 0.0362. The van der Waals surface area contributed by atoms with Gasteiger partial charge in [0, 0.05) is 58.3 Å². The highest BCUT2D eigenvalue weighted by molar-refractivity contribution is 7.99. The molecule has 0 unspecified atom stereocenters. The molecule has 1 saturated heterocycles. The monoisotopic (exact) mass is 616 g/mol. The van der Waals surface area contributed by atoms with Crippen molar-refractivity contribution in [2.75, 3.05) is 36.4 Å². The topological polar surface area (TPSA) is 75.7 Å². The SMILES string of the molecule is CSNc1cc(Cl)cc(NC(=O)c2cc(-c3ncc(OC4CN(C)C4)cc3OCc3cc(F)cc(F)c3)c(C)s2)c1. The van der Waals surface area contributed by atoms with E-state index in [1.807, 2.05) is 20.2 Å². The maximum atomic E-state index is 13.8. The Balaban J connectivity index is 1.41. The molecule has 2 aromatic carbocycles. The molecule has 0 saturated carbocycles. The van der Waals surface area contributed by atoms with Crippen LogP contribution in [0.25, 0.3) is 11.3 Å². The molecule has 1 aliphatic rings. The van der Waals surface area contributed by atoms with Crippen LogP contribution in [0.2, 0.25) is 5.02 Å². The molecule has 4 aromatic rings. The van der Waals surface area contributed by atoms with Gasteiger partial charge in [-0.15, -0.1) is 11.3 Å². The predicted octanol–water partition coefficient (Wildman–Crippen LogP) is 7.26. The summed E-state index contributed by atoms with van der Waals surface area (Å²) in [5, 5.41) is 3.39. The second kappa shape index (κ2) is 12.6. The molecule has 1 fully saturated rings. The van der Waals surface area contributed by atoms with Crippen LogP contribution in [0.15, 0.2) is 54.7 Å². The third kappa shape index (κ3) is 7.28. The first kappa shape index (κ1) is 29.1. The molecule has 12 heteroatoms. The van der Waals surface area contributed by atoms with Gasteiger partial charge in [-0.2, -0.15) is 0 Å². The standard InChI is InChI=1S/C29H27ClF2N4O3S2/c1-16-25(11-27(41-16)29(37)34-21-6-18(30)7-22(9-21)35-40-3)28-26(38-15-17-4-19(31)8-20(32)5-17)10-23(12-33-28)39-24-13-36(2)14-24/h4-12,24,35H,13-15H2,1-3H3,(H,34,37). The average molecular weight is 617 g/mol. The predicted molar refractivity (Wildman–Crippen MR) is 161 cm³/mol. The Hall–Kier alpha value is -3.38. The third-order valence-corrected chi connectivity index (χ3v) is 7.96.